The second-order valence-electron chi connectivity index (χ2n) is 3.25. The van der Waals surface area contributed by atoms with Crippen LogP contribution in [0.15, 0.2) is 29.0 Å². The first-order valence-electron chi connectivity index (χ1n) is 4.35. The second kappa shape index (κ2) is 3.25. The fraction of sp³-hybridized carbons (Fsp3) is 0.182. The van der Waals surface area contributed by atoms with E-state index in [1.807, 2.05) is 13.0 Å². The third-order valence-electron chi connectivity index (χ3n) is 2.11. The maximum absolute atomic E-state index is 13.5. The highest BCUT2D eigenvalue weighted by Crippen LogP contribution is 2.25. The fourth-order valence-electron chi connectivity index (χ4n) is 1.36. The topological polar surface area (TPSA) is 26.0 Å². The summed E-state index contributed by atoms with van der Waals surface area (Å²) in [6, 6.07) is 5.04. The molecule has 0 radical (unpaired) electrons. The molecule has 0 N–H and O–H groups in total. The van der Waals surface area contributed by atoms with Crippen molar-refractivity contribution in [3.05, 3.63) is 41.7 Å². The van der Waals surface area contributed by atoms with E-state index in [1.165, 1.54) is 12.5 Å². The molecule has 2 rings (SSSR count). The number of benzene rings is 1. The van der Waals surface area contributed by atoms with Crippen LogP contribution in [0.2, 0.25) is 0 Å². The number of hydrogen-bond donors (Lipinski definition) is 0. The van der Waals surface area contributed by atoms with Crippen LogP contribution < -0.4 is 0 Å². The lowest BCUT2D eigenvalue weighted by molar-refractivity contribution is 0.560. The Morgan fingerprint density at radius 1 is 1.29 bits per heavy atom. The first-order chi connectivity index (χ1) is 6.68. The lowest BCUT2D eigenvalue weighted by Gasteiger charge is -2.00. The summed E-state index contributed by atoms with van der Waals surface area (Å²) in [5.41, 5.74) is 2.06. The summed E-state index contributed by atoms with van der Waals surface area (Å²) in [6.45, 7) is 3.64. The van der Waals surface area contributed by atoms with Crippen LogP contribution in [0.4, 0.5) is 4.39 Å². The Hall–Kier alpha value is -1.64. The average molecular weight is 191 g/mol. The van der Waals surface area contributed by atoms with E-state index in [0.29, 0.717) is 17.0 Å². The molecule has 3 heteroatoms. The molecule has 0 spiro atoms. The largest absolute Gasteiger partial charge is 0.443 e. The van der Waals surface area contributed by atoms with Crippen molar-refractivity contribution in [3.63, 3.8) is 0 Å². The Morgan fingerprint density at radius 3 is 2.64 bits per heavy atom. The van der Waals surface area contributed by atoms with Gasteiger partial charge in [-0.1, -0.05) is 6.07 Å². The summed E-state index contributed by atoms with van der Waals surface area (Å²) >= 11 is 0. The van der Waals surface area contributed by atoms with Gasteiger partial charge in [-0.15, -0.1) is 0 Å². The molecule has 2 nitrogen and oxygen atoms in total. The zero-order valence-corrected chi connectivity index (χ0v) is 8.04. The number of aryl methyl sites for hydroxylation is 2. The Balaban J connectivity index is 2.58. The van der Waals surface area contributed by atoms with Crippen LogP contribution in [0.25, 0.3) is 11.3 Å². The number of aromatic nitrogens is 1. The molecule has 0 saturated carbocycles. The van der Waals surface area contributed by atoms with Crippen molar-refractivity contribution in [2.45, 2.75) is 13.8 Å². The summed E-state index contributed by atoms with van der Waals surface area (Å²) in [5, 5.41) is 0. The zero-order chi connectivity index (χ0) is 10.1. The minimum absolute atomic E-state index is 0.273. The number of oxazole rings is 1. The van der Waals surface area contributed by atoms with E-state index >= 15 is 0 Å². The first kappa shape index (κ1) is 8.94. The Morgan fingerprint density at radius 2 is 2.07 bits per heavy atom. The van der Waals surface area contributed by atoms with Crippen molar-refractivity contribution in [2.24, 2.45) is 0 Å². The molecule has 0 unspecified atom stereocenters. The number of hydrogen-bond acceptors (Lipinski definition) is 2. The molecule has 0 bridgehead atoms. The molecule has 72 valence electrons. The summed E-state index contributed by atoms with van der Waals surface area (Å²) < 4.78 is 18.6. The van der Waals surface area contributed by atoms with Gasteiger partial charge >= 0.3 is 0 Å². The molecule has 0 aliphatic rings. The minimum atomic E-state index is -0.273. The van der Waals surface area contributed by atoms with Gasteiger partial charge in [-0.3, -0.25) is 0 Å². The predicted octanol–water partition coefficient (Wildman–Crippen LogP) is 3.10. The fourth-order valence-corrected chi connectivity index (χ4v) is 1.36. The maximum atomic E-state index is 13.5. The normalized spacial score (nSPS) is 10.5. The highest BCUT2D eigenvalue weighted by molar-refractivity contribution is 5.60. The van der Waals surface area contributed by atoms with Crippen LogP contribution in [0.5, 0.6) is 0 Å². The van der Waals surface area contributed by atoms with E-state index in [1.54, 1.807) is 13.0 Å². The predicted molar refractivity (Wildman–Crippen MR) is 51.4 cm³/mol. The molecular formula is C11H10FNO. The molecular weight excluding hydrogens is 181 g/mol. The summed E-state index contributed by atoms with van der Waals surface area (Å²) in [6.07, 6.45) is 1.32. The molecule has 1 aromatic carbocycles. The van der Waals surface area contributed by atoms with Crippen LogP contribution in [0.1, 0.15) is 11.3 Å². The van der Waals surface area contributed by atoms with Gasteiger partial charge in [0.2, 0.25) is 0 Å². The average Bonchev–Trinajstić information content (AvgIpc) is 2.52. The Kier molecular flexibility index (Phi) is 2.08. The quantitative estimate of drug-likeness (QED) is 0.692. The van der Waals surface area contributed by atoms with Gasteiger partial charge in [-0.05, 0) is 31.5 Å². The summed E-state index contributed by atoms with van der Waals surface area (Å²) in [5.74, 6) is 0.229. The highest BCUT2D eigenvalue weighted by atomic mass is 19.1. The van der Waals surface area contributed by atoms with Crippen LogP contribution in [0.3, 0.4) is 0 Å². The second-order valence-corrected chi connectivity index (χ2v) is 3.25. The summed E-state index contributed by atoms with van der Waals surface area (Å²) in [4.78, 5) is 3.92. The third-order valence-corrected chi connectivity index (χ3v) is 2.11. The number of rotatable bonds is 1. The van der Waals surface area contributed by atoms with Gasteiger partial charge in [-0.25, -0.2) is 9.37 Å². The van der Waals surface area contributed by atoms with E-state index < -0.39 is 0 Å². The van der Waals surface area contributed by atoms with Crippen molar-refractivity contribution >= 4 is 0 Å². The molecule has 0 fully saturated rings. The van der Waals surface area contributed by atoms with Gasteiger partial charge in [0.05, 0.1) is 11.3 Å². The van der Waals surface area contributed by atoms with Crippen molar-refractivity contribution in [3.8, 4) is 11.3 Å². The molecule has 0 atom stereocenters. The van der Waals surface area contributed by atoms with Crippen molar-refractivity contribution < 1.29 is 8.81 Å². The lowest BCUT2D eigenvalue weighted by Crippen LogP contribution is -1.86. The number of nitrogens with zero attached hydrogens (tertiary/aromatic N) is 1. The minimum Gasteiger partial charge on any atom is -0.443 e. The van der Waals surface area contributed by atoms with E-state index in [4.69, 9.17) is 4.42 Å². The van der Waals surface area contributed by atoms with Crippen LogP contribution in [0, 0.1) is 19.7 Å². The monoisotopic (exact) mass is 191 g/mol. The molecule has 2 aromatic rings. The van der Waals surface area contributed by atoms with Crippen molar-refractivity contribution in [1.29, 1.82) is 0 Å². The third kappa shape index (κ3) is 1.41. The first-order valence-corrected chi connectivity index (χ1v) is 4.35. The smallest absolute Gasteiger partial charge is 0.181 e. The zero-order valence-electron chi connectivity index (χ0n) is 8.04. The highest BCUT2D eigenvalue weighted by Gasteiger charge is 2.11. The van der Waals surface area contributed by atoms with Gasteiger partial charge in [0.15, 0.2) is 12.2 Å². The van der Waals surface area contributed by atoms with Gasteiger partial charge in [-0.2, -0.15) is 0 Å². The maximum Gasteiger partial charge on any atom is 0.181 e. The van der Waals surface area contributed by atoms with Gasteiger partial charge in [0, 0.05) is 0 Å². The van der Waals surface area contributed by atoms with Gasteiger partial charge < -0.3 is 4.42 Å². The molecule has 1 aromatic heterocycles. The van der Waals surface area contributed by atoms with E-state index in [2.05, 4.69) is 4.98 Å². The Bertz CT molecular complexity index is 462. The van der Waals surface area contributed by atoms with Crippen LogP contribution >= 0.6 is 0 Å². The van der Waals surface area contributed by atoms with Crippen LogP contribution in [-0.4, -0.2) is 4.98 Å². The molecule has 0 aliphatic carbocycles. The van der Waals surface area contributed by atoms with Crippen molar-refractivity contribution in [2.75, 3.05) is 0 Å². The standard InChI is InChI=1S/C11H10FNO/c1-7-3-4-9(10(12)5-7)11-8(2)13-6-14-11/h3-6H,1-2H3. The molecule has 0 saturated heterocycles. The summed E-state index contributed by atoms with van der Waals surface area (Å²) in [7, 11) is 0. The van der Waals surface area contributed by atoms with Crippen LogP contribution in [-0.2, 0) is 0 Å². The number of halogens is 1. The molecule has 1 heterocycles. The van der Waals surface area contributed by atoms with Gasteiger partial charge in [0.1, 0.15) is 5.82 Å². The Labute approximate surface area is 81.4 Å². The van der Waals surface area contributed by atoms with Crippen molar-refractivity contribution in [1.82, 2.24) is 4.98 Å². The molecule has 0 aliphatic heterocycles. The van der Waals surface area contributed by atoms with E-state index in [-0.39, 0.29) is 5.82 Å². The SMILES string of the molecule is Cc1ccc(-c2ocnc2C)c(F)c1. The van der Waals surface area contributed by atoms with Gasteiger partial charge in [0.25, 0.3) is 0 Å². The molecule has 14 heavy (non-hydrogen) atoms. The van der Waals surface area contributed by atoms with E-state index in [9.17, 15) is 4.39 Å². The van der Waals surface area contributed by atoms with E-state index in [0.717, 1.165) is 5.56 Å². The molecule has 0 amide bonds. The lowest BCUT2D eigenvalue weighted by atomic mass is 10.1.